The van der Waals surface area contributed by atoms with Gasteiger partial charge in [0.15, 0.2) is 0 Å². The summed E-state index contributed by atoms with van der Waals surface area (Å²) in [7, 11) is -0.592. The molecule has 0 spiro atoms. The Morgan fingerprint density at radius 3 is 2.57 bits per heavy atom. The lowest BCUT2D eigenvalue weighted by Crippen LogP contribution is -2.55. The molecule has 14 heteroatoms. The number of benzene rings is 2. The zero-order valence-corrected chi connectivity index (χ0v) is 33.1. The minimum absolute atomic E-state index is 0.0351. The van der Waals surface area contributed by atoms with Gasteiger partial charge in [-0.15, -0.1) is 0 Å². The summed E-state index contributed by atoms with van der Waals surface area (Å²) in [5.41, 5.74) is 5.97. The van der Waals surface area contributed by atoms with E-state index < -0.39 is 21.8 Å². The van der Waals surface area contributed by atoms with Crippen molar-refractivity contribution in [2.24, 2.45) is 13.0 Å². The van der Waals surface area contributed by atoms with Gasteiger partial charge in [-0.3, -0.25) is 14.3 Å². The van der Waals surface area contributed by atoms with Gasteiger partial charge in [0.25, 0.3) is 11.8 Å². The van der Waals surface area contributed by atoms with Crippen LogP contribution in [0.3, 0.4) is 0 Å². The van der Waals surface area contributed by atoms with E-state index in [1.54, 1.807) is 35.0 Å². The van der Waals surface area contributed by atoms with Crippen LogP contribution in [0.5, 0.6) is 5.75 Å². The molecule has 2 N–H and O–H groups in total. The molecule has 4 aromatic rings. The van der Waals surface area contributed by atoms with E-state index in [9.17, 15) is 23.1 Å². The molecule has 1 aliphatic carbocycles. The number of amides is 2. The molecule has 2 aromatic carbocycles. The molecule has 2 aromatic heterocycles. The highest BCUT2D eigenvalue weighted by Gasteiger charge is 2.52. The summed E-state index contributed by atoms with van der Waals surface area (Å²) in [5.74, 6) is 0.386. The van der Waals surface area contributed by atoms with Crippen molar-refractivity contribution in [2.75, 3.05) is 33.4 Å². The van der Waals surface area contributed by atoms with Crippen LogP contribution in [0.25, 0.3) is 33.8 Å². The zero-order chi connectivity index (χ0) is 38.9. The van der Waals surface area contributed by atoms with Gasteiger partial charge >= 0.3 is 10.2 Å². The molecule has 2 bridgehead atoms. The molecule has 5 aliphatic rings. The summed E-state index contributed by atoms with van der Waals surface area (Å²) in [4.78, 5) is 30.1. The highest BCUT2D eigenvalue weighted by molar-refractivity contribution is 7.87. The van der Waals surface area contributed by atoms with Crippen molar-refractivity contribution in [1.82, 2.24) is 28.3 Å². The lowest BCUT2D eigenvalue weighted by Gasteiger charge is -2.43. The zero-order valence-electron chi connectivity index (χ0n) is 32.3. The molecule has 3 atom stereocenters. The number of aromatic nitrogens is 3. The van der Waals surface area contributed by atoms with Crippen LogP contribution >= 0.6 is 0 Å². The van der Waals surface area contributed by atoms with E-state index in [4.69, 9.17) is 9.47 Å². The molecule has 4 fully saturated rings. The minimum Gasteiger partial charge on any atom is -0.497 e. The lowest BCUT2D eigenvalue weighted by atomic mass is 9.81. The Morgan fingerprint density at radius 1 is 1.04 bits per heavy atom. The molecule has 296 valence electrons. The number of nitrogens with one attached hydrogen (secondary N) is 1. The van der Waals surface area contributed by atoms with Crippen LogP contribution in [0.15, 0.2) is 42.6 Å². The fourth-order valence-electron chi connectivity index (χ4n) is 10.3. The van der Waals surface area contributed by atoms with Gasteiger partial charge in [-0.25, -0.2) is 4.72 Å². The number of carbonyl (C=O) groups is 2. The molecule has 3 unspecified atom stereocenters. The molecule has 0 radical (unpaired) electrons. The molecule has 3 saturated heterocycles. The quantitative estimate of drug-likeness (QED) is 0.244. The number of fused-ring (bicyclic) bond motifs is 7. The summed E-state index contributed by atoms with van der Waals surface area (Å²) in [6.45, 7) is 3.37. The van der Waals surface area contributed by atoms with Crippen LogP contribution in [-0.2, 0) is 28.5 Å². The summed E-state index contributed by atoms with van der Waals surface area (Å²) in [6.07, 6.45) is 12.0. The smallest absolute Gasteiger partial charge is 0.304 e. The Bertz CT molecular complexity index is 2370. The fourth-order valence-corrected chi connectivity index (χ4v) is 11.4. The predicted octanol–water partition coefficient (Wildman–Crippen LogP) is 5.68. The maximum atomic E-state index is 14.7. The molecule has 9 rings (SSSR count). The third-order valence-corrected chi connectivity index (χ3v) is 14.3. The van der Waals surface area contributed by atoms with Gasteiger partial charge in [0.05, 0.1) is 50.0 Å². The van der Waals surface area contributed by atoms with Crippen LogP contribution in [0.4, 0.5) is 0 Å². The molecular weight excluding hydrogens is 733 g/mol. The summed E-state index contributed by atoms with van der Waals surface area (Å²) in [5, 5.41) is 17.4. The van der Waals surface area contributed by atoms with Crippen molar-refractivity contribution in [3.8, 4) is 17.0 Å². The van der Waals surface area contributed by atoms with E-state index in [2.05, 4.69) is 33.5 Å². The lowest BCUT2D eigenvalue weighted by molar-refractivity contribution is -0.108. The number of morpholine rings is 1. The van der Waals surface area contributed by atoms with Crippen LogP contribution in [0.2, 0.25) is 0 Å². The standard InChI is InChI=1S/C42H50N6O7S/c1-26-19-31-13-14-42(51,23-26)48(31)41(50)35-24-43-45(2)38(35)30-20-29-21-32(54-3)10-12-33(29)39-37(27-7-5-4-6-8-27)34-11-9-28(22-36(34)47(39)25-30)40(49)44-56(52,53)46-15-17-55-18-16-46/h9-12,20-22,24,26-27,31,51H,4-8,13-19,23,25H2,1-3H3,(H,44,49). The molecule has 1 saturated carbocycles. The van der Waals surface area contributed by atoms with Crippen molar-refractivity contribution in [3.05, 3.63) is 70.5 Å². The second-order valence-electron chi connectivity index (χ2n) is 16.4. The Labute approximate surface area is 327 Å². The average molecular weight is 783 g/mol. The number of nitrogens with zero attached hydrogens (tertiary/aromatic N) is 5. The number of piperidine rings is 1. The molecule has 4 aliphatic heterocycles. The molecule has 2 amide bonds. The third kappa shape index (κ3) is 6.25. The van der Waals surface area contributed by atoms with Crippen molar-refractivity contribution < 1.29 is 32.6 Å². The maximum Gasteiger partial charge on any atom is 0.304 e. The van der Waals surface area contributed by atoms with Gasteiger partial charge in [-0.2, -0.15) is 17.8 Å². The largest absolute Gasteiger partial charge is 0.497 e. The third-order valence-electron chi connectivity index (χ3n) is 12.8. The first kappa shape index (κ1) is 37.1. The van der Waals surface area contributed by atoms with Crippen molar-refractivity contribution >= 4 is 44.6 Å². The Hall–Kier alpha value is -4.50. The Morgan fingerprint density at radius 2 is 1.82 bits per heavy atom. The fraction of sp³-hybridized carbons (Fsp3) is 0.500. The number of hydrogen-bond acceptors (Lipinski definition) is 8. The highest BCUT2D eigenvalue weighted by atomic mass is 32.2. The van der Waals surface area contributed by atoms with Crippen molar-refractivity contribution in [2.45, 2.75) is 88.9 Å². The van der Waals surface area contributed by atoms with E-state index in [1.165, 1.54) is 16.3 Å². The Balaban J connectivity index is 1.20. The average Bonchev–Trinajstić information content (AvgIpc) is 3.76. The normalized spacial score (nSPS) is 24.4. The van der Waals surface area contributed by atoms with Crippen LogP contribution in [0.1, 0.15) is 108 Å². The van der Waals surface area contributed by atoms with Crippen molar-refractivity contribution in [1.29, 1.82) is 0 Å². The maximum absolute atomic E-state index is 14.7. The van der Waals surface area contributed by atoms with E-state index in [1.807, 2.05) is 25.2 Å². The summed E-state index contributed by atoms with van der Waals surface area (Å²) in [6, 6.07) is 11.5. The monoisotopic (exact) mass is 782 g/mol. The van der Waals surface area contributed by atoms with Crippen LogP contribution in [0, 0.1) is 5.92 Å². The number of aliphatic hydroxyl groups is 1. The predicted molar refractivity (Wildman–Crippen MR) is 212 cm³/mol. The number of carbonyl (C=O) groups excluding carboxylic acids is 2. The number of hydrogen-bond donors (Lipinski definition) is 2. The summed E-state index contributed by atoms with van der Waals surface area (Å²) >= 11 is 0. The molecular formula is C42H50N6O7S. The van der Waals surface area contributed by atoms with Crippen LogP contribution < -0.4 is 9.46 Å². The van der Waals surface area contributed by atoms with E-state index >= 15 is 0 Å². The number of aryl methyl sites for hydroxylation is 1. The number of allylic oxidation sites excluding steroid dienone is 1. The van der Waals surface area contributed by atoms with Gasteiger partial charge in [-0.05, 0) is 103 Å². The molecule has 56 heavy (non-hydrogen) atoms. The SMILES string of the molecule is COc1ccc2c(c1)C=C(c1c(C(=O)N3C4CCC3(O)CC(C)C4)cnn1C)Cn1c-2c(C2CCCCC2)c2ccc(C(=O)NS(=O)(=O)N3CCOCC3)cc21. The first-order valence-corrected chi connectivity index (χ1v) is 21.4. The first-order valence-electron chi connectivity index (χ1n) is 20.0. The summed E-state index contributed by atoms with van der Waals surface area (Å²) < 4.78 is 45.1. The second kappa shape index (κ2) is 14.2. The number of rotatable bonds is 7. The van der Waals surface area contributed by atoms with E-state index in [-0.39, 0.29) is 49.7 Å². The topological polar surface area (TPSA) is 148 Å². The van der Waals surface area contributed by atoms with E-state index in [0.29, 0.717) is 42.3 Å². The second-order valence-corrected chi connectivity index (χ2v) is 18.1. The Kier molecular flexibility index (Phi) is 9.38. The van der Waals surface area contributed by atoms with Gasteiger partial charge in [-0.1, -0.05) is 32.3 Å². The van der Waals surface area contributed by atoms with Crippen molar-refractivity contribution in [3.63, 3.8) is 0 Å². The molecule has 13 nitrogen and oxygen atoms in total. The van der Waals surface area contributed by atoms with Crippen LogP contribution in [-0.4, -0.2) is 94.1 Å². The number of ether oxygens (including phenoxy) is 2. The van der Waals surface area contributed by atoms with E-state index in [0.717, 1.165) is 71.8 Å². The minimum atomic E-state index is -4.08. The van der Waals surface area contributed by atoms with Gasteiger partial charge < -0.3 is 24.0 Å². The van der Waals surface area contributed by atoms with Gasteiger partial charge in [0.2, 0.25) is 0 Å². The van der Waals surface area contributed by atoms with Gasteiger partial charge in [0.1, 0.15) is 11.5 Å². The van der Waals surface area contributed by atoms with Gasteiger partial charge in [0, 0.05) is 48.2 Å². The highest BCUT2D eigenvalue weighted by Crippen LogP contribution is 2.49. The molecule has 6 heterocycles. The number of methoxy groups -OCH3 is 1. The first-order chi connectivity index (χ1) is 27.0.